The van der Waals surface area contributed by atoms with E-state index in [1.165, 1.54) is 12.1 Å². The molecule has 4 nitrogen and oxygen atoms in total. The number of anilines is 1. The van der Waals surface area contributed by atoms with Crippen LogP contribution in [0.4, 0.5) is 18.9 Å². The Morgan fingerprint density at radius 1 is 1.08 bits per heavy atom. The smallest absolute Gasteiger partial charge is 0.416 e. The van der Waals surface area contributed by atoms with Gasteiger partial charge in [0.1, 0.15) is 0 Å². The number of alkyl halides is 3. The van der Waals surface area contributed by atoms with Gasteiger partial charge in [0.25, 0.3) is 5.91 Å². The summed E-state index contributed by atoms with van der Waals surface area (Å²) in [5.41, 5.74) is -0.223. The molecule has 0 bridgehead atoms. The number of rotatable bonds is 5. The Balaban J connectivity index is 1.84. The second-order valence-electron chi connectivity index (χ2n) is 5.09. The molecule has 0 fully saturated rings. The highest BCUT2D eigenvalue weighted by Crippen LogP contribution is 2.29. The molecule has 0 radical (unpaired) electrons. The molecule has 1 N–H and O–H groups in total. The number of nitrogens with one attached hydrogen (secondary N) is 1. The molecule has 0 spiro atoms. The molecular weight excluding hydrogens is 359 g/mol. The van der Waals surface area contributed by atoms with Gasteiger partial charge in [0.2, 0.25) is 0 Å². The maximum Gasteiger partial charge on any atom is 0.416 e. The monoisotopic (exact) mass is 371 g/mol. The van der Waals surface area contributed by atoms with Crippen molar-refractivity contribution in [2.45, 2.75) is 12.6 Å². The van der Waals surface area contributed by atoms with Crippen LogP contribution in [-0.2, 0) is 26.9 Å². The van der Waals surface area contributed by atoms with Crippen LogP contribution >= 0.6 is 11.6 Å². The molecule has 0 unspecified atom stereocenters. The van der Waals surface area contributed by atoms with Gasteiger partial charge in [-0.3, -0.25) is 9.59 Å². The maximum atomic E-state index is 12.6. The van der Waals surface area contributed by atoms with Gasteiger partial charge in [0.15, 0.2) is 6.61 Å². The lowest BCUT2D eigenvalue weighted by molar-refractivity contribution is -0.146. The van der Waals surface area contributed by atoms with E-state index in [9.17, 15) is 22.8 Å². The third-order valence-electron chi connectivity index (χ3n) is 3.10. The highest BCUT2D eigenvalue weighted by Gasteiger charge is 2.30. The lowest BCUT2D eigenvalue weighted by atomic mass is 10.1. The summed E-state index contributed by atoms with van der Waals surface area (Å²) in [6, 6.07) is 10.7. The van der Waals surface area contributed by atoms with Crippen molar-refractivity contribution in [2.24, 2.45) is 0 Å². The molecule has 0 saturated heterocycles. The number of carbonyl (C=O) groups is 2. The Bertz CT molecular complexity index is 760. The second-order valence-corrected chi connectivity index (χ2v) is 5.53. The molecule has 2 aromatic rings. The van der Waals surface area contributed by atoms with Gasteiger partial charge in [-0.25, -0.2) is 0 Å². The van der Waals surface area contributed by atoms with Gasteiger partial charge in [-0.15, -0.1) is 0 Å². The quantitative estimate of drug-likeness (QED) is 0.806. The predicted octanol–water partition coefficient (Wildman–Crippen LogP) is 4.08. The van der Waals surface area contributed by atoms with Crippen LogP contribution in [0, 0.1) is 0 Å². The molecule has 0 saturated carbocycles. The molecule has 8 heteroatoms. The van der Waals surface area contributed by atoms with Crippen molar-refractivity contribution >= 4 is 29.2 Å². The number of amides is 1. The first-order valence-corrected chi connectivity index (χ1v) is 7.49. The van der Waals surface area contributed by atoms with Gasteiger partial charge in [0.05, 0.1) is 12.0 Å². The summed E-state index contributed by atoms with van der Waals surface area (Å²) in [6.45, 7) is -0.541. The molecule has 2 aromatic carbocycles. The highest BCUT2D eigenvalue weighted by molar-refractivity contribution is 6.30. The van der Waals surface area contributed by atoms with Crippen LogP contribution in [0.5, 0.6) is 0 Å². The molecule has 0 aliphatic carbocycles. The van der Waals surface area contributed by atoms with E-state index in [4.69, 9.17) is 16.3 Å². The van der Waals surface area contributed by atoms with E-state index in [1.807, 2.05) is 0 Å². The fourth-order valence-electron chi connectivity index (χ4n) is 1.95. The molecule has 132 valence electrons. The zero-order valence-electron chi connectivity index (χ0n) is 12.8. The van der Waals surface area contributed by atoms with Crippen molar-refractivity contribution in [2.75, 3.05) is 11.9 Å². The number of carbonyl (C=O) groups excluding carboxylic acids is 2. The fourth-order valence-corrected chi connectivity index (χ4v) is 2.08. The van der Waals surface area contributed by atoms with E-state index in [2.05, 4.69) is 5.32 Å². The third kappa shape index (κ3) is 6.11. The summed E-state index contributed by atoms with van der Waals surface area (Å²) >= 11 is 5.71. The molecular formula is C17H13ClF3NO3. The van der Waals surface area contributed by atoms with Crippen LogP contribution in [0.25, 0.3) is 0 Å². The van der Waals surface area contributed by atoms with E-state index in [-0.39, 0.29) is 12.0 Å². The number of halogens is 4. The van der Waals surface area contributed by atoms with Crippen molar-refractivity contribution in [3.63, 3.8) is 0 Å². The summed E-state index contributed by atoms with van der Waals surface area (Å²) in [7, 11) is 0. The molecule has 0 aliphatic rings. The van der Waals surface area contributed by atoms with Crippen LogP contribution in [0.2, 0.25) is 5.02 Å². The minimum Gasteiger partial charge on any atom is -0.455 e. The van der Waals surface area contributed by atoms with E-state index in [0.717, 1.165) is 12.1 Å². The molecule has 0 atom stereocenters. The largest absolute Gasteiger partial charge is 0.455 e. The normalized spacial score (nSPS) is 11.0. The second kappa shape index (κ2) is 8.02. The first-order valence-electron chi connectivity index (χ1n) is 7.11. The molecule has 0 aromatic heterocycles. The van der Waals surface area contributed by atoms with E-state index >= 15 is 0 Å². The van der Waals surface area contributed by atoms with Gasteiger partial charge in [-0.2, -0.15) is 13.2 Å². The van der Waals surface area contributed by atoms with Crippen LogP contribution < -0.4 is 5.32 Å². The summed E-state index contributed by atoms with van der Waals surface area (Å²) in [5, 5.41) is 3.00. The van der Waals surface area contributed by atoms with Crippen LogP contribution in [0.15, 0.2) is 48.5 Å². The summed E-state index contributed by atoms with van der Waals surface area (Å²) < 4.78 is 42.6. The molecule has 1 amide bonds. The Hall–Kier alpha value is -2.54. The molecule has 0 heterocycles. The lowest BCUT2D eigenvalue weighted by Crippen LogP contribution is -2.21. The van der Waals surface area contributed by atoms with Gasteiger partial charge in [-0.1, -0.05) is 29.8 Å². The number of hydrogen-bond acceptors (Lipinski definition) is 3. The van der Waals surface area contributed by atoms with Crippen molar-refractivity contribution in [1.29, 1.82) is 0 Å². The number of hydrogen-bond donors (Lipinski definition) is 1. The van der Waals surface area contributed by atoms with E-state index in [0.29, 0.717) is 10.7 Å². The van der Waals surface area contributed by atoms with Crippen molar-refractivity contribution in [3.8, 4) is 0 Å². The van der Waals surface area contributed by atoms with Crippen LogP contribution in [0.1, 0.15) is 11.1 Å². The summed E-state index contributed by atoms with van der Waals surface area (Å²) in [4.78, 5) is 23.3. The number of esters is 1. The van der Waals surface area contributed by atoms with Gasteiger partial charge in [0, 0.05) is 10.7 Å². The molecule has 2 rings (SSSR count). The van der Waals surface area contributed by atoms with Crippen LogP contribution in [-0.4, -0.2) is 18.5 Å². The Morgan fingerprint density at radius 3 is 2.40 bits per heavy atom. The van der Waals surface area contributed by atoms with Gasteiger partial charge < -0.3 is 10.1 Å². The molecule has 25 heavy (non-hydrogen) atoms. The average molecular weight is 372 g/mol. The lowest BCUT2D eigenvalue weighted by Gasteiger charge is -2.09. The topological polar surface area (TPSA) is 55.4 Å². The van der Waals surface area contributed by atoms with Gasteiger partial charge in [-0.05, 0) is 35.9 Å². The number of ether oxygens (including phenoxy) is 1. The van der Waals surface area contributed by atoms with E-state index in [1.54, 1.807) is 24.3 Å². The van der Waals surface area contributed by atoms with Crippen molar-refractivity contribution in [3.05, 3.63) is 64.7 Å². The van der Waals surface area contributed by atoms with Crippen LogP contribution in [0.3, 0.4) is 0 Å². The summed E-state index contributed by atoms with van der Waals surface area (Å²) in [6.07, 6.45) is -4.85. The maximum absolute atomic E-state index is 12.6. The molecule has 0 aliphatic heterocycles. The van der Waals surface area contributed by atoms with E-state index < -0.39 is 30.2 Å². The summed E-state index contributed by atoms with van der Waals surface area (Å²) in [5.74, 6) is -1.37. The minimum absolute atomic E-state index is 0.151. The minimum atomic E-state index is -4.49. The Labute approximate surface area is 146 Å². The average Bonchev–Trinajstić information content (AvgIpc) is 2.55. The van der Waals surface area contributed by atoms with Crippen molar-refractivity contribution in [1.82, 2.24) is 0 Å². The zero-order chi connectivity index (χ0) is 18.4. The van der Waals surface area contributed by atoms with Gasteiger partial charge >= 0.3 is 12.1 Å². The fraction of sp³-hybridized carbons (Fsp3) is 0.176. The first-order chi connectivity index (χ1) is 11.7. The Kier molecular flexibility index (Phi) is 6.03. The predicted molar refractivity (Wildman–Crippen MR) is 86.2 cm³/mol. The highest BCUT2D eigenvalue weighted by atomic mass is 35.5. The Morgan fingerprint density at radius 2 is 1.76 bits per heavy atom. The zero-order valence-corrected chi connectivity index (χ0v) is 13.5. The third-order valence-corrected chi connectivity index (χ3v) is 3.35. The SMILES string of the molecule is O=C(COC(=O)Cc1cccc(C(F)(F)F)c1)Nc1ccc(Cl)cc1. The standard InChI is InChI=1S/C17H13ClF3NO3/c18-13-4-6-14(7-5-13)22-15(23)10-25-16(24)9-11-2-1-3-12(8-11)17(19,20)21/h1-8H,9-10H2,(H,22,23). The van der Waals surface area contributed by atoms with Crippen molar-refractivity contribution < 1.29 is 27.5 Å². The number of benzene rings is 2. The first kappa shape index (κ1) is 18.8.